The highest BCUT2D eigenvalue weighted by molar-refractivity contribution is 6.31. The maximum absolute atomic E-state index is 9.42. The summed E-state index contributed by atoms with van der Waals surface area (Å²) in [5.41, 5.74) is 2.61. The van der Waals surface area contributed by atoms with Gasteiger partial charge < -0.3 is 4.74 Å². The van der Waals surface area contributed by atoms with E-state index < -0.39 is 0 Å². The average molecular weight is 311 g/mol. The highest BCUT2D eigenvalue weighted by atomic mass is 35.5. The molecule has 0 atom stereocenters. The van der Waals surface area contributed by atoms with Crippen LogP contribution in [0.4, 0.5) is 0 Å². The lowest BCUT2D eigenvalue weighted by atomic mass is 10.2. The Morgan fingerprint density at radius 2 is 2.05 bits per heavy atom. The number of ether oxygens (including phenoxy) is 1. The molecule has 3 rings (SSSR count). The third-order valence-electron chi connectivity index (χ3n) is 3.17. The Morgan fingerprint density at radius 3 is 2.73 bits per heavy atom. The van der Waals surface area contributed by atoms with Gasteiger partial charge in [0.1, 0.15) is 23.0 Å². The largest absolute Gasteiger partial charge is 0.497 e. The van der Waals surface area contributed by atoms with Crippen LogP contribution in [0.15, 0.2) is 42.5 Å². The number of benzene rings is 2. The molecule has 0 aliphatic heterocycles. The lowest BCUT2D eigenvalue weighted by Gasteiger charge is -2.02. The standard InChI is InChI=1S/C16H11ClN4O/c1-22-14-5-2-11(3-6-14)8-13(10-18)21-16-7-4-12(17)9-15(16)19-20-21/h2-9H,1H3/b13-8+. The number of nitriles is 1. The number of rotatable bonds is 3. The van der Waals surface area contributed by atoms with Gasteiger partial charge in [-0.3, -0.25) is 0 Å². The van der Waals surface area contributed by atoms with Crippen molar-refractivity contribution in [2.45, 2.75) is 0 Å². The molecule has 0 spiro atoms. The molecule has 0 aliphatic carbocycles. The number of methoxy groups -OCH3 is 1. The second-order valence-electron chi connectivity index (χ2n) is 4.55. The first kappa shape index (κ1) is 14.1. The van der Waals surface area contributed by atoms with Crippen LogP contribution in [0.3, 0.4) is 0 Å². The van der Waals surface area contributed by atoms with Gasteiger partial charge in [-0.25, -0.2) is 4.68 Å². The normalized spacial score (nSPS) is 11.4. The summed E-state index contributed by atoms with van der Waals surface area (Å²) >= 11 is 5.93. The minimum absolute atomic E-state index is 0.370. The molecule has 6 heteroatoms. The summed E-state index contributed by atoms with van der Waals surface area (Å²) in [5, 5.41) is 18.1. The number of hydrogen-bond acceptors (Lipinski definition) is 4. The molecule has 22 heavy (non-hydrogen) atoms. The van der Waals surface area contributed by atoms with Crippen molar-refractivity contribution in [1.29, 1.82) is 5.26 Å². The first-order valence-corrected chi connectivity index (χ1v) is 6.86. The molecule has 1 aromatic heterocycles. The summed E-state index contributed by atoms with van der Waals surface area (Å²) in [6, 6.07) is 14.8. The number of halogens is 1. The molecule has 1 heterocycles. The van der Waals surface area contributed by atoms with Gasteiger partial charge in [0.2, 0.25) is 0 Å². The minimum atomic E-state index is 0.370. The van der Waals surface area contributed by atoms with Crippen molar-refractivity contribution in [2.24, 2.45) is 0 Å². The van der Waals surface area contributed by atoms with E-state index in [0.29, 0.717) is 16.2 Å². The molecule has 5 nitrogen and oxygen atoms in total. The van der Waals surface area contributed by atoms with E-state index in [9.17, 15) is 5.26 Å². The molecule has 2 aromatic carbocycles. The zero-order valence-electron chi connectivity index (χ0n) is 11.7. The van der Waals surface area contributed by atoms with Crippen molar-refractivity contribution in [2.75, 3.05) is 7.11 Å². The van der Waals surface area contributed by atoms with Crippen LogP contribution in [0.5, 0.6) is 5.75 Å². The Labute approximate surface area is 132 Å². The highest BCUT2D eigenvalue weighted by Gasteiger charge is 2.09. The summed E-state index contributed by atoms with van der Waals surface area (Å²) in [6.07, 6.45) is 1.74. The first-order valence-electron chi connectivity index (χ1n) is 6.48. The van der Waals surface area contributed by atoms with Gasteiger partial charge in [0.25, 0.3) is 0 Å². The Balaban J connectivity index is 2.05. The molecular weight excluding hydrogens is 300 g/mol. The summed E-state index contributed by atoms with van der Waals surface area (Å²) in [7, 11) is 1.61. The Morgan fingerprint density at radius 1 is 1.27 bits per heavy atom. The molecule has 0 N–H and O–H groups in total. The summed E-state index contributed by atoms with van der Waals surface area (Å²) in [6.45, 7) is 0. The van der Waals surface area contributed by atoms with Crippen LogP contribution in [0.2, 0.25) is 5.02 Å². The Bertz CT molecular complexity index is 891. The van der Waals surface area contributed by atoms with Gasteiger partial charge in [0, 0.05) is 5.02 Å². The van der Waals surface area contributed by atoms with Crippen LogP contribution in [-0.2, 0) is 0 Å². The highest BCUT2D eigenvalue weighted by Crippen LogP contribution is 2.21. The molecule has 0 radical (unpaired) electrons. The van der Waals surface area contributed by atoms with Crippen LogP contribution in [0.25, 0.3) is 22.8 Å². The van der Waals surface area contributed by atoms with Gasteiger partial charge in [-0.05, 0) is 42.0 Å². The molecule has 0 unspecified atom stereocenters. The summed E-state index contributed by atoms with van der Waals surface area (Å²) in [5.74, 6) is 0.761. The number of nitrogens with zero attached hydrogens (tertiary/aromatic N) is 4. The van der Waals surface area contributed by atoms with Gasteiger partial charge in [-0.15, -0.1) is 5.10 Å². The van der Waals surface area contributed by atoms with E-state index >= 15 is 0 Å². The van der Waals surface area contributed by atoms with Gasteiger partial charge >= 0.3 is 0 Å². The van der Waals surface area contributed by atoms with Crippen molar-refractivity contribution in [3.8, 4) is 11.8 Å². The molecule has 0 saturated heterocycles. The van der Waals surface area contributed by atoms with Gasteiger partial charge in [-0.1, -0.05) is 28.9 Å². The predicted molar refractivity (Wildman–Crippen MR) is 85.3 cm³/mol. The quantitative estimate of drug-likeness (QED) is 0.693. The summed E-state index contributed by atoms with van der Waals surface area (Å²) in [4.78, 5) is 0. The molecule has 0 bridgehead atoms. The van der Waals surface area contributed by atoms with E-state index in [1.165, 1.54) is 4.68 Å². The number of fused-ring (bicyclic) bond motifs is 1. The van der Waals surface area contributed by atoms with Crippen molar-refractivity contribution >= 4 is 34.4 Å². The van der Waals surface area contributed by atoms with Crippen molar-refractivity contribution < 1.29 is 4.74 Å². The van der Waals surface area contributed by atoms with E-state index in [2.05, 4.69) is 16.4 Å². The van der Waals surface area contributed by atoms with E-state index in [-0.39, 0.29) is 0 Å². The van der Waals surface area contributed by atoms with Crippen molar-refractivity contribution in [3.63, 3.8) is 0 Å². The fourth-order valence-corrected chi connectivity index (χ4v) is 2.24. The zero-order valence-corrected chi connectivity index (χ0v) is 12.4. The maximum Gasteiger partial charge on any atom is 0.145 e. The van der Waals surface area contributed by atoms with Crippen LogP contribution < -0.4 is 4.74 Å². The maximum atomic E-state index is 9.42. The molecule has 0 fully saturated rings. The number of hydrogen-bond donors (Lipinski definition) is 0. The molecule has 0 aliphatic rings. The smallest absolute Gasteiger partial charge is 0.145 e. The topological polar surface area (TPSA) is 63.7 Å². The Kier molecular flexibility index (Phi) is 3.77. The fourth-order valence-electron chi connectivity index (χ4n) is 2.07. The van der Waals surface area contributed by atoms with E-state index in [0.717, 1.165) is 16.8 Å². The van der Waals surface area contributed by atoms with Crippen LogP contribution in [-0.4, -0.2) is 22.1 Å². The second kappa shape index (κ2) is 5.88. The average Bonchev–Trinajstić information content (AvgIpc) is 2.96. The summed E-state index contributed by atoms with van der Waals surface area (Å²) < 4.78 is 6.61. The third kappa shape index (κ3) is 2.65. The lowest BCUT2D eigenvalue weighted by Crippen LogP contribution is -1.97. The Hall–Kier alpha value is -2.84. The number of aromatic nitrogens is 3. The fraction of sp³-hybridized carbons (Fsp3) is 0.0625. The molecule has 108 valence electrons. The molecule has 0 amide bonds. The zero-order chi connectivity index (χ0) is 15.5. The van der Waals surface area contributed by atoms with Crippen LogP contribution in [0.1, 0.15) is 5.56 Å². The van der Waals surface area contributed by atoms with Crippen LogP contribution in [0, 0.1) is 11.3 Å². The van der Waals surface area contributed by atoms with Gasteiger partial charge in [0.05, 0.1) is 12.6 Å². The molecule has 3 aromatic rings. The van der Waals surface area contributed by atoms with Crippen LogP contribution >= 0.6 is 11.6 Å². The number of allylic oxidation sites excluding steroid dienone is 1. The van der Waals surface area contributed by atoms with Gasteiger partial charge in [-0.2, -0.15) is 5.26 Å². The lowest BCUT2D eigenvalue weighted by molar-refractivity contribution is 0.415. The molecular formula is C16H11ClN4O. The minimum Gasteiger partial charge on any atom is -0.497 e. The first-order chi connectivity index (χ1) is 10.7. The van der Waals surface area contributed by atoms with E-state index in [1.54, 1.807) is 31.4 Å². The SMILES string of the molecule is COc1ccc(/C=C(\C#N)n2nnc3cc(Cl)ccc32)cc1. The van der Waals surface area contributed by atoms with Gasteiger partial charge in [0.15, 0.2) is 0 Å². The second-order valence-corrected chi connectivity index (χ2v) is 4.99. The van der Waals surface area contributed by atoms with Crippen molar-refractivity contribution in [3.05, 3.63) is 53.1 Å². The predicted octanol–water partition coefficient (Wildman–Crippen LogP) is 3.61. The van der Waals surface area contributed by atoms with E-state index in [4.69, 9.17) is 16.3 Å². The third-order valence-corrected chi connectivity index (χ3v) is 3.40. The molecule has 0 saturated carbocycles. The monoisotopic (exact) mass is 310 g/mol. The van der Waals surface area contributed by atoms with E-state index in [1.807, 2.05) is 24.3 Å². The van der Waals surface area contributed by atoms with Crippen molar-refractivity contribution in [1.82, 2.24) is 15.0 Å².